The standard InChI is InChI=1S/C35H53N3O4/c1-12-23(4)30(37-34(41)42-35(9,10)11)33(40)38(27(8)21-20-22(2)3)31(28-19-14-13-16-24(28)5)32(39)36-29-25(6)17-15-18-26(29)7/h13-19,22-23,27,30-31H,12,20-21H2,1-11H3,(H,36,39)(H,37,41). The van der Waals surface area contributed by atoms with Crippen LogP contribution in [0.3, 0.4) is 0 Å². The van der Waals surface area contributed by atoms with Crippen LogP contribution < -0.4 is 10.6 Å². The molecule has 0 aliphatic heterocycles. The fourth-order valence-corrected chi connectivity index (χ4v) is 5.10. The number of para-hydroxylation sites is 1. The van der Waals surface area contributed by atoms with Gasteiger partial charge in [-0.1, -0.05) is 76.6 Å². The molecule has 2 aromatic rings. The summed E-state index contributed by atoms with van der Waals surface area (Å²) in [6.07, 6.45) is 1.60. The summed E-state index contributed by atoms with van der Waals surface area (Å²) in [6.45, 7) is 21.5. The molecule has 0 spiro atoms. The molecule has 42 heavy (non-hydrogen) atoms. The number of carbonyl (C=O) groups is 3. The average molecular weight is 580 g/mol. The van der Waals surface area contributed by atoms with E-state index in [0.29, 0.717) is 18.8 Å². The Morgan fingerprint density at radius 3 is 1.95 bits per heavy atom. The van der Waals surface area contributed by atoms with Crippen molar-refractivity contribution in [3.63, 3.8) is 0 Å². The Morgan fingerprint density at radius 2 is 1.43 bits per heavy atom. The van der Waals surface area contributed by atoms with Gasteiger partial charge in [0, 0.05) is 11.7 Å². The normalized spacial score (nSPS) is 14.5. The van der Waals surface area contributed by atoms with Gasteiger partial charge in [-0.25, -0.2) is 4.79 Å². The largest absolute Gasteiger partial charge is 0.444 e. The molecule has 0 saturated carbocycles. The van der Waals surface area contributed by atoms with Crippen molar-refractivity contribution < 1.29 is 19.1 Å². The van der Waals surface area contributed by atoms with Crippen LogP contribution in [-0.4, -0.2) is 40.5 Å². The lowest BCUT2D eigenvalue weighted by atomic mass is 9.92. The second kappa shape index (κ2) is 15.2. The van der Waals surface area contributed by atoms with Gasteiger partial charge in [0.15, 0.2) is 0 Å². The number of ether oxygens (including phenoxy) is 1. The third kappa shape index (κ3) is 9.60. The zero-order chi connectivity index (χ0) is 31.8. The number of anilines is 1. The lowest BCUT2D eigenvalue weighted by Crippen LogP contribution is -2.57. The number of hydrogen-bond acceptors (Lipinski definition) is 4. The summed E-state index contributed by atoms with van der Waals surface area (Å²) in [5.74, 6) is -0.345. The van der Waals surface area contributed by atoms with Crippen LogP contribution in [-0.2, 0) is 14.3 Å². The molecular weight excluding hydrogens is 526 g/mol. The summed E-state index contributed by atoms with van der Waals surface area (Å²) in [7, 11) is 0. The molecule has 2 rings (SSSR count). The molecule has 2 N–H and O–H groups in total. The van der Waals surface area contributed by atoms with E-state index in [0.717, 1.165) is 34.4 Å². The molecule has 0 heterocycles. The van der Waals surface area contributed by atoms with Crippen molar-refractivity contribution >= 4 is 23.6 Å². The van der Waals surface area contributed by atoms with E-state index in [1.807, 2.05) is 84.0 Å². The van der Waals surface area contributed by atoms with E-state index in [1.165, 1.54) is 0 Å². The molecule has 0 radical (unpaired) electrons. The van der Waals surface area contributed by atoms with E-state index < -0.39 is 23.8 Å². The number of benzene rings is 2. The highest BCUT2D eigenvalue weighted by atomic mass is 16.6. The summed E-state index contributed by atoms with van der Waals surface area (Å²) in [6, 6.07) is 11.5. The van der Waals surface area contributed by atoms with Crippen LogP contribution in [0.15, 0.2) is 42.5 Å². The van der Waals surface area contributed by atoms with Crippen LogP contribution in [0.1, 0.15) is 103 Å². The molecule has 4 atom stereocenters. The molecule has 2 aromatic carbocycles. The van der Waals surface area contributed by atoms with E-state index in [-0.39, 0.29) is 23.8 Å². The highest BCUT2D eigenvalue weighted by Crippen LogP contribution is 2.32. The van der Waals surface area contributed by atoms with Gasteiger partial charge in [0.05, 0.1) is 0 Å². The molecule has 0 aromatic heterocycles. The summed E-state index contributed by atoms with van der Waals surface area (Å²) in [4.78, 5) is 43.8. The number of hydrogen-bond donors (Lipinski definition) is 2. The molecule has 232 valence electrons. The molecule has 4 unspecified atom stereocenters. The average Bonchev–Trinajstić information content (AvgIpc) is 2.89. The Labute approximate surface area is 253 Å². The predicted molar refractivity (Wildman–Crippen MR) is 171 cm³/mol. The van der Waals surface area contributed by atoms with Crippen LogP contribution in [0.5, 0.6) is 0 Å². The lowest BCUT2D eigenvalue weighted by molar-refractivity contribution is -0.144. The fourth-order valence-electron chi connectivity index (χ4n) is 5.10. The zero-order valence-electron chi connectivity index (χ0n) is 27.6. The number of amides is 3. The van der Waals surface area contributed by atoms with Crippen LogP contribution in [0, 0.1) is 32.6 Å². The van der Waals surface area contributed by atoms with Gasteiger partial charge in [-0.2, -0.15) is 0 Å². The van der Waals surface area contributed by atoms with Gasteiger partial charge in [0.2, 0.25) is 5.91 Å². The van der Waals surface area contributed by atoms with Gasteiger partial charge in [-0.15, -0.1) is 0 Å². The molecule has 7 heteroatoms. The van der Waals surface area contributed by atoms with Gasteiger partial charge >= 0.3 is 6.09 Å². The number of carbonyl (C=O) groups excluding carboxylic acids is 3. The van der Waals surface area contributed by atoms with E-state index in [9.17, 15) is 14.4 Å². The maximum absolute atomic E-state index is 14.7. The smallest absolute Gasteiger partial charge is 0.408 e. The topological polar surface area (TPSA) is 87.7 Å². The fraction of sp³-hybridized carbons (Fsp3) is 0.571. The Kier molecular flexibility index (Phi) is 12.6. The van der Waals surface area contributed by atoms with Crippen molar-refractivity contribution in [1.82, 2.24) is 10.2 Å². The van der Waals surface area contributed by atoms with E-state index in [2.05, 4.69) is 24.5 Å². The SMILES string of the molecule is CCC(C)C(NC(=O)OC(C)(C)C)C(=O)N(C(C)CCC(C)C)C(C(=O)Nc1c(C)cccc1C)c1ccccc1C. The van der Waals surface area contributed by atoms with Gasteiger partial charge in [-0.05, 0) is 95.4 Å². The second-order valence-electron chi connectivity index (χ2n) is 13.1. The third-order valence-corrected chi connectivity index (χ3v) is 7.78. The summed E-state index contributed by atoms with van der Waals surface area (Å²) in [5, 5.41) is 6.04. The quantitative estimate of drug-likeness (QED) is 0.268. The minimum Gasteiger partial charge on any atom is -0.444 e. The van der Waals surface area contributed by atoms with Crippen molar-refractivity contribution in [3.05, 3.63) is 64.7 Å². The van der Waals surface area contributed by atoms with Crippen molar-refractivity contribution in [3.8, 4) is 0 Å². The van der Waals surface area contributed by atoms with Crippen molar-refractivity contribution in [2.24, 2.45) is 11.8 Å². The van der Waals surface area contributed by atoms with E-state index >= 15 is 0 Å². The van der Waals surface area contributed by atoms with Crippen LogP contribution >= 0.6 is 0 Å². The van der Waals surface area contributed by atoms with Crippen LogP contribution in [0.2, 0.25) is 0 Å². The number of rotatable bonds is 12. The Morgan fingerprint density at radius 1 is 0.857 bits per heavy atom. The van der Waals surface area contributed by atoms with Crippen molar-refractivity contribution in [1.29, 1.82) is 0 Å². The van der Waals surface area contributed by atoms with Crippen LogP contribution in [0.4, 0.5) is 10.5 Å². The zero-order valence-corrected chi connectivity index (χ0v) is 27.6. The minimum atomic E-state index is -0.910. The van der Waals surface area contributed by atoms with Gasteiger partial charge in [0.25, 0.3) is 5.91 Å². The number of alkyl carbamates (subject to hydrolysis) is 1. The maximum Gasteiger partial charge on any atom is 0.408 e. The molecule has 7 nitrogen and oxygen atoms in total. The van der Waals surface area contributed by atoms with Gasteiger partial charge in [-0.3, -0.25) is 9.59 Å². The molecule has 3 amide bonds. The number of aryl methyl sites for hydroxylation is 3. The molecular formula is C35H53N3O4. The molecule has 0 aliphatic carbocycles. The first kappa shape index (κ1) is 34.8. The third-order valence-electron chi connectivity index (χ3n) is 7.78. The lowest BCUT2D eigenvalue weighted by Gasteiger charge is -2.40. The first-order valence-electron chi connectivity index (χ1n) is 15.3. The van der Waals surface area contributed by atoms with Gasteiger partial charge < -0.3 is 20.3 Å². The second-order valence-corrected chi connectivity index (χ2v) is 13.1. The Bertz CT molecular complexity index is 1200. The van der Waals surface area contributed by atoms with E-state index in [1.54, 1.807) is 25.7 Å². The number of nitrogens with zero attached hydrogens (tertiary/aromatic N) is 1. The minimum absolute atomic E-state index is 0.191. The summed E-state index contributed by atoms with van der Waals surface area (Å²) >= 11 is 0. The molecule has 0 aliphatic rings. The Hall–Kier alpha value is -3.35. The maximum atomic E-state index is 14.7. The first-order chi connectivity index (χ1) is 19.6. The predicted octanol–water partition coefficient (Wildman–Crippen LogP) is 7.88. The molecule has 0 bridgehead atoms. The molecule has 0 fully saturated rings. The first-order valence-corrected chi connectivity index (χ1v) is 15.3. The summed E-state index contributed by atoms with van der Waals surface area (Å²) in [5.41, 5.74) is 3.59. The monoisotopic (exact) mass is 579 g/mol. The van der Waals surface area contributed by atoms with Crippen LogP contribution in [0.25, 0.3) is 0 Å². The highest BCUT2D eigenvalue weighted by Gasteiger charge is 2.41. The summed E-state index contributed by atoms with van der Waals surface area (Å²) < 4.78 is 5.55. The van der Waals surface area contributed by atoms with E-state index in [4.69, 9.17) is 4.74 Å². The van der Waals surface area contributed by atoms with Crippen molar-refractivity contribution in [2.75, 3.05) is 5.32 Å². The molecule has 0 saturated heterocycles. The van der Waals surface area contributed by atoms with Gasteiger partial charge in [0.1, 0.15) is 17.7 Å². The Balaban J connectivity index is 2.71. The van der Waals surface area contributed by atoms with Crippen molar-refractivity contribution in [2.45, 2.75) is 119 Å². The number of nitrogens with one attached hydrogen (secondary N) is 2. The highest BCUT2D eigenvalue weighted by molar-refractivity contribution is 6.00.